The highest BCUT2D eigenvalue weighted by Crippen LogP contribution is 2.28. The fraction of sp³-hybridized carbons (Fsp3) is 1.00. The molecule has 110 valence electrons. The second-order valence-corrected chi connectivity index (χ2v) is 6.20. The Bertz CT molecular complexity index is 281. The van der Waals surface area contributed by atoms with E-state index in [1.165, 1.54) is 32.2 Å². The van der Waals surface area contributed by atoms with Crippen molar-refractivity contribution >= 4 is 0 Å². The third kappa shape index (κ3) is 3.13. The van der Waals surface area contributed by atoms with Gasteiger partial charge in [-0.25, -0.2) is 0 Å². The maximum absolute atomic E-state index is 6.21. The average molecular weight is 268 g/mol. The molecular weight excluding hydrogens is 240 g/mol. The Labute approximate surface area is 116 Å². The Kier molecular flexibility index (Phi) is 4.74. The molecule has 3 unspecified atom stereocenters. The van der Waals surface area contributed by atoms with Crippen LogP contribution in [0.1, 0.15) is 32.6 Å². The number of likely N-dealkylation sites (N-methyl/N-ethyl adjacent to an activating group) is 1. The largest absolute Gasteiger partial charge is 0.381 e. The summed E-state index contributed by atoms with van der Waals surface area (Å²) in [5, 5.41) is 3.69. The maximum Gasteiger partial charge on any atom is 0.0858 e. The fourth-order valence-electron chi connectivity index (χ4n) is 3.97. The zero-order valence-corrected chi connectivity index (χ0v) is 12.1. The highest BCUT2D eigenvalue weighted by atomic mass is 16.5. The number of rotatable bonds is 4. The average Bonchev–Trinajstić information content (AvgIpc) is 2.93. The van der Waals surface area contributed by atoms with Gasteiger partial charge in [-0.1, -0.05) is 6.92 Å². The summed E-state index contributed by atoms with van der Waals surface area (Å²) in [6.45, 7) is 8.42. The Hall–Kier alpha value is -0.160. The number of nitrogens with one attached hydrogen (secondary N) is 1. The lowest BCUT2D eigenvalue weighted by Gasteiger charge is -2.42. The van der Waals surface area contributed by atoms with Crippen molar-refractivity contribution in [3.8, 4) is 0 Å². The van der Waals surface area contributed by atoms with Crippen molar-refractivity contribution in [3.63, 3.8) is 0 Å². The van der Waals surface area contributed by atoms with Crippen LogP contribution in [0.5, 0.6) is 0 Å². The number of fused-ring (bicyclic) bond motifs is 1. The van der Waals surface area contributed by atoms with Crippen molar-refractivity contribution in [1.82, 2.24) is 10.2 Å². The van der Waals surface area contributed by atoms with E-state index in [0.717, 1.165) is 38.8 Å². The van der Waals surface area contributed by atoms with Crippen molar-refractivity contribution in [3.05, 3.63) is 0 Å². The van der Waals surface area contributed by atoms with Gasteiger partial charge in [0.05, 0.1) is 12.7 Å². The predicted octanol–water partition coefficient (Wildman–Crippen LogP) is 1.25. The van der Waals surface area contributed by atoms with E-state index in [1.807, 2.05) is 0 Å². The lowest BCUT2D eigenvalue weighted by molar-refractivity contribution is -0.0815. The first-order valence-corrected chi connectivity index (χ1v) is 8.05. The molecule has 3 heterocycles. The molecule has 0 amide bonds. The normalized spacial score (nSPS) is 35.2. The lowest BCUT2D eigenvalue weighted by atomic mass is 9.87. The van der Waals surface area contributed by atoms with Crippen LogP contribution in [0, 0.1) is 5.92 Å². The van der Waals surface area contributed by atoms with E-state index in [0.29, 0.717) is 18.2 Å². The Morgan fingerprint density at radius 3 is 2.89 bits per heavy atom. The third-order valence-electron chi connectivity index (χ3n) is 5.03. The Morgan fingerprint density at radius 1 is 1.26 bits per heavy atom. The Morgan fingerprint density at radius 2 is 2.11 bits per heavy atom. The second-order valence-electron chi connectivity index (χ2n) is 6.20. The van der Waals surface area contributed by atoms with E-state index in [9.17, 15) is 0 Å². The first kappa shape index (κ1) is 13.8. The highest BCUT2D eigenvalue weighted by molar-refractivity contribution is 4.93. The lowest BCUT2D eigenvalue weighted by Crippen LogP contribution is -2.57. The van der Waals surface area contributed by atoms with Crippen molar-refractivity contribution in [1.29, 1.82) is 0 Å². The van der Waals surface area contributed by atoms with Gasteiger partial charge in [0.1, 0.15) is 0 Å². The van der Waals surface area contributed by atoms with Crippen LogP contribution in [0.3, 0.4) is 0 Å². The van der Waals surface area contributed by atoms with E-state index in [-0.39, 0.29) is 0 Å². The van der Waals surface area contributed by atoms with Crippen LogP contribution >= 0.6 is 0 Å². The minimum absolute atomic E-state index is 0.373. The maximum atomic E-state index is 6.21. The van der Waals surface area contributed by atoms with Gasteiger partial charge in [-0.05, 0) is 44.7 Å². The van der Waals surface area contributed by atoms with Gasteiger partial charge in [0.15, 0.2) is 0 Å². The summed E-state index contributed by atoms with van der Waals surface area (Å²) < 4.78 is 11.7. The topological polar surface area (TPSA) is 33.7 Å². The molecule has 1 N–H and O–H groups in total. The molecule has 0 radical (unpaired) electrons. The van der Waals surface area contributed by atoms with E-state index in [2.05, 4.69) is 17.1 Å². The second kappa shape index (κ2) is 6.53. The molecule has 3 aliphatic rings. The molecule has 3 atom stereocenters. The first-order valence-electron chi connectivity index (χ1n) is 8.05. The first-order chi connectivity index (χ1) is 9.38. The van der Waals surface area contributed by atoms with Crippen LogP contribution in [0.4, 0.5) is 0 Å². The third-order valence-corrected chi connectivity index (χ3v) is 5.03. The molecule has 4 nitrogen and oxygen atoms in total. The summed E-state index contributed by atoms with van der Waals surface area (Å²) >= 11 is 0. The summed E-state index contributed by atoms with van der Waals surface area (Å²) in [5.74, 6) is 0.720. The molecule has 4 heteroatoms. The van der Waals surface area contributed by atoms with Crippen molar-refractivity contribution in [2.75, 3.05) is 39.5 Å². The number of hydrogen-bond acceptors (Lipinski definition) is 4. The van der Waals surface area contributed by atoms with Gasteiger partial charge in [0.25, 0.3) is 0 Å². The molecule has 3 aliphatic heterocycles. The van der Waals surface area contributed by atoms with Crippen LogP contribution < -0.4 is 5.32 Å². The number of nitrogens with zero attached hydrogens (tertiary/aromatic N) is 1. The molecule has 0 bridgehead atoms. The van der Waals surface area contributed by atoms with Crippen LogP contribution in [0.2, 0.25) is 0 Å². The fourth-order valence-corrected chi connectivity index (χ4v) is 3.97. The Balaban J connectivity index is 1.62. The molecule has 3 rings (SSSR count). The van der Waals surface area contributed by atoms with Gasteiger partial charge in [0.2, 0.25) is 0 Å². The molecular formula is C15H28N2O2. The molecule has 3 saturated heterocycles. The number of ether oxygens (including phenoxy) is 2. The number of hydrogen-bond donors (Lipinski definition) is 1. The van der Waals surface area contributed by atoms with Gasteiger partial charge in [-0.15, -0.1) is 0 Å². The molecule has 19 heavy (non-hydrogen) atoms. The minimum Gasteiger partial charge on any atom is -0.381 e. The summed E-state index contributed by atoms with van der Waals surface area (Å²) in [6, 6.07) is 1.21. The minimum atomic E-state index is 0.373. The molecule has 0 aliphatic carbocycles. The standard InChI is InChI=1S/C15H28N2O2/c1-2-16-15(12-5-8-18-9-6-12)14-10-17-7-3-4-13(17)11-19-14/h12-16H,2-11H2,1H3. The van der Waals surface area contributed by atoms with Crippen LogP contribution in [0.15, 0.2) is 0 Å². The van der Waals surface area contributed by atoms with E-state index >= 15 is 0 Å². The molecule has 0 aromatic rings. The van der Waals surface area contributed by atoms with Crippen LogP contribution in [0.25, 0.3) is 0 Å². The van der Waals surface area contributed by atoms with Gasteiger partial charge >= 0.3 is 0 Å². The van der Waals surface area contributed by atoms with Crippen LogP contribution in [-0.4, -0.2) is 62.5 Å². The van der Waals surface area contributed by atoms with E-state index in [4.69, 9.17) is 9.47 Å². The summed E-state index contributed by atoms with van der Waals surface area (Å²) in [5.41, 5.74) is 0. The number of morpholine rings is 1. The quantitative estimate of drug-likeness (QED) is 0.832. The van der Waals surface area contributed by atoms with Crippen molar-refractivity contribution < 1.29 is 9.47 Å². The van der Waals surface area contributed by atoms with Gasteiger partial charge in [0, 0.05) is 31.8 Å². The zero-order chi connectivity index (χ0) is 13.1. The molecule has 0 saturated carbocycles. The molecule has 0 aromatic carbocycles. The van der Waals surface area contributed by atoms with Crippen molar-refractivity contribution in [2.45, 2.75) is 50.8 Å². The van der Waals surface area contributed by atoms with E-state index in [1.54, 1.807) is 0 Å². The zero-order valence-electron chi connectivity index (χ0n) is 12.1. The van der Waals surface area contributed by atoms with Crippen LogP contribution in [-0.2, 0) is 9.47 Å². The van der Waals surface area contributed by atoms with Gasteiger partial charge in [-0.3, -0.25) is 4.90 Å². The summed E-state index contributed by atoms with van der Waals surface area (Å²) in [7, 11) is 0. The molecule has 3 fully saturated rings. The smallest absolute Gasteiger partial charge is 0.0858 e. The monoisotopic (exact) mass is 268 g/mol. The summed E-state index contributed by atoms with van der Waals surface area (Å²) in [6.07, 6.45) is 5.42. The van der Waals surface area contributed by atoms with Crippen molar-refractivity contribution in [2.24, 2.45) is 5.92 Å². The SMILES string of the molecule is CCNC(C1CCOCC1)C1CN2CCCC2CO1. The molecule has 0 aromatic heterocycles. The predicted molar refractivity (Wildman–Crippen MR) is 75.3 cm³/mol. The highest BCUT2D eigenvalue weighted by Gasteiger charge is 2.38. The van der Waals surface area contributed by atoms with Gasteiger partial charge < -0.3 is 14.8 Å². The van der Waals surface area contributed by atoms with E-state index < -0.39 is 0 Å². The molecule has 0 spiro atoms. The van der Waals surface area contributed by atoms with Gasteiger partial charge in [-0.2, -0.15) is 0 Å². The summed E-state index contributed by atoms with van der Waals surface area (Å²) in [4.78, 5) is 2.65.